The Morgan fingerprint density at radius 2 is 1.80 bits per heavy atom. The Morgan fingerprint density at radius 3 is 2.27 bits per heavy atom. The molecule has 0 heterocycles. The van der Waals surface area contributed by atoms with E-state index < -0.39 is 0 Å². The molecule has 0 saturated carbocycles. The second-order valence-electron chi connectivity index (χ2n) is 3.76. The number of hydrogen-bond donors (Lipinski definition) is 2. The van der Waals surface area contributed by atoms with E-state index >= 15 is 0 Å². The lowest BCUT2D eigenvalue weighted by Gasteiger charge is -2.09. The van der Waals surface area contributed by atoms with Crippen molar-refractivity contribution in [3.05, 3.63) is 0 Å². The van der Waals surface area contributed by atoms with E-state index in [1.54, 1.807) is 0 Å². The molecule has 0 aromatic carbocycles. The highest BCUT2D eigenvalue weighted by Crippen LogP contribution is 1.91. The largest absolute Gasteiger partial charge is 0.379 e. The van der Waals surface area contributed by atoms with Gasteiger partial charge in [0, 0.05) is 19.7 Å². The monoisotopic (exact) mass is 215 g/mol. The lowest BCUT2D eigenvalue weighted by molar-refractivity contribution is 0.117. The molecule has 4 heteroatoms. The van der Waals surface area contributed by atoms with Crippen LogP contribution >= 0.6 is 0 Å². The van der Waals surface area contributed by atoms with Gasteiger partial charge in [-0.1, -0.05) is 13.8 Å². The van der Waals surface area contributed by atoms with Crippen LogP contribution in [0.15, 0.2) is 4.99 Å². The Bertz CT molecular complexity index is 161. The molecule has 0 saturated heterocycles. The predicted octanol–water partition coefficient (Wildman–Crippen LogP) is 1.23. The van der Waals surface area contributed by atoms with E-state index in [4.69, 9.17) is 4.74 Å². The summed E-state index contributed by atoms with van der Waals surface area (Å²) >= 11 is 0. The van der Waals surface area contributed by atoms with Gasteiger partial charge in [0.2, 0.25) is 0 Å². The highest BCUT2D eigenvalue weighted by molar-refractivity contribution is 5.79. The molecular formula is C11H25N3O. The molecule has 0 aromatic heterocycles. The van der Waals surface area contributed by atoms with Gasteiger partial charge in [-0.2, -0.15) is 0 Å². The first-order valence-corrected chi connectivity index (χ1v) is 5.80. The minimum absolute atomic E-state index is 0.594. The minimum atomic E-state index is 0.594. The molecule has 0 fully saturated rings. The fraction of sp³-hybridized carbons (Fsp3) is 0.909. The maximum Gasteiger partial charge on any atom is 0.191 e. The SMILES string of the molecule is CCNC(=NCCOCC(C)C)NCC. The summed E-state index contributed by atoms with van der Waals surface area (Å²) in [6.07, 6.45) is 0. The van der Waals surface area contributed by atoms with Crippen molar-refractivity contribution in [2.45, 2.75) is 27.7 Å². The van der Waals surface area contributed by atoms with E-state index in [0.29, 0.717) is 19.1 Å². The molecule has 0 spiro atoms. The van der Waals surface area contributed by atoms with Crippen LogP contribution in [0.25, 0.3) is 0 Å². The van der Waals surface area contributed by atoms with E-state index in [9.17, 15) is 0 Å². The van der Waals surface area contributed by atoms with Gasteiger partial charge in [-0.05, 0) is 19.8 Å². The van der Waals surface area contributed by atoms with Gasteiger partial charge in [0.1, 0.15) is 0 Å². The van der Waals surface area contributed by atoms with Gasteiger partial charge in [-0.25, -0.2) is 0 Å². The van der Waals surface area contributed by atoms with Crippen LogP contribution < -0.4 is 10.6 Å². The number of hydrogen-bond acceptors (Lipinski definition) is 2. The van der Waals surface area contributed by atoms with Gasteiger partial charge in [0.15, 0.2) is 5.96 Å². The smallest absolute Gasteiger partial charge is 0.191 e. The highest BCUT2D eigenvalue weighted by atomic mass is 16.5. The van der Waals surface area contributed by atoms with Gasteiger partial charge in [0.25, 0.3) is 0 Å². The van der Waals surface area contributed by atoms with Crippen molar-refractivity contribution in [2.24, 2.45) is 10.9 Å². The minimum Gasteiger partial charge on any atom is -0.379 e. The molecule has 0 aliphatic heterocycles. The average Bonchev–Trinajstić information content (AvgIpc) is 2.17. The number of ether oxygens (including phenoxy) is 1. The topological polar surface area (TPSA) is 45.7 Å². The van der Waals surface area contributed by atoms with E-state index in [2.05, 4.69) is 43.3 Å². The molecule has 4 nitrogen and oxygen atoms in total. The molecular weight excluding hydrogens is 190 g/mol. The standard InChI is InChI=1S/C11H25N3O/c1-5-12-11(13-6-2)14-7-8-15-9-10(3)4/h10H,5-9H2,1-4H3,(H2,12,13,14). The third kappa shape index (κ3) is 9.53. The van der Waals surface area contributed by atoms with Gasteiger partial charge < -0.3 is 15.4 Å². The summed E-state index contributed by atoms with van der Waals surface area (Å²) < 4.78 is 5.44. The van der Waals surface area contributed by atoms with E-state index in [1.165, 1.54) is 0 Å². The van der Waals surface area contributed by atoms with Crippen LogP contribution in [0, 0.1) is 5.92 Å². The zero-order valence-electron chi connectivity index (χ0n) is 10.5. The molecule has 0 bridgehead atoms. The fourth-order valence-electron chi connectivity index (χ4n) is 1.05. The second-order valence-corrected chi connectivity index (χ2v) is 3.76. The maximum atomic E-state index is 5.44. The highest BCUT2D eigenvalue weighted by Gasteiger charge is 1.95. The Morgan fingerprint density at radius 1 is 1.20 bits per heavy atom. The fourth-order valence-corrected chi connectivity index (χ4v) is 1.05. The van der Waals surface area contributed by atoms with Gasteiger partial charge >= 0.3 is 0 Å². The number of nitrogens with one attached hydrogen (secondary N) is 2. The van der Waals surface area contributed by atoms with Crippen LogP contribution in [-0.4, -0.2) is 38.8 Å². The molecule has 0 atom stereocenters. The predicted molar refractivity (Wildman–Crippen MR) is 65.3 cm³/mol. The average molecular weight is 215 g/mol. The van der Waals surface area contributed by atoms with E-state index in [-0.39, 0.29) is 0 Å². The van der Waals surface area contributed by atoms with Crippen LogP contribution in [0.5, 0.6) is 0 Å². The van der Waals surface area contributed by atoms with Crippen molar-refractivity contribution in [2.75, 3.05) is 32.8 Å². The molecule has 0 aliphatic rings. The van der Waals surface area contributed by atoms with Crippen LogP contribution in [0.2, 0.25) is 0 Å². The summed E-state index contributed by atoms with van der Waals surface area (Å²) in [5, 5.41) is 6.33. The maximum absolute atomic E-state index is 5.44. The zero-order chi connectivity index (χ0) is 11.5. The van der Waals surface area contributed by atoms with Crippen molar-refractivity contribution in [1.29, 1.82) is 0 Å². The molecule has 15 heavy (non-hydrogen) atoms. The Balaban J connectivity index is 3.59. The molecule has 0 aromatic rings. The Hall–Kier alpha value is -0.770. The third-order valence-electron chi connectivity index (χ3n) is 1.65. The molecule has 0 radical (unpaired) electrons. The number of nitrogens with zero attached hydrogens (tertiary/aromatic N) is 1. The molecule has 2 N–H and O–H groups in total. The summed E-state index contributed by atoms with van der Waals surface area (Å²) in [5.74, 6) is 1.46. The summed E-state index contributed by atoms with van der Waals surface area (Å²) in [5.41, 5.74) is 0. The second kappa shape index (κ2) is 9.77. The Kier molecular flexibility index (Phi) is 9.27. The van der Waals surface area contributed by atoms with Crippen LogP contribution in [0.4, 0.5) is 0 Å². The summed E-state index contributed by atoms with van der Waals surface area (Å²) in [7, 11) is 0. The molecule has 0 unspecified atom stereocenters. The van der Waals surface area contributed by atoms with Crippen molar-refractivity contribution in [3.8, 4) is 0 Å². The molecule has 90 valence electrons. The number of guanidine groups is 1. The van der Waals surface area contributed by atoms with Crippen LogP contribution in [0.3, 0.4) is 0 Å². The first-order chi connectivity index (χ1) is 7.20. The lowest BCUT2D eigenvalue weighted by Crippen LogP contribution is -2.37. The first kappa shape index (κ1) is 14.2. The molecule has 0 aliphatic carbocycles. The van der Waals surface area contributed by atoms with E-state index in [1.807, 2.05) is 0 Å². The third-order valence-corrected chi connectivity index (χ3v) is 1.65. The normalized spacial score (nSPS) is 10.2. The van der Waals surface area contributed by atoms with Gasteiger partial charge in [-0.3, -0.25) is 4.99 Å². The van der Waals surface area contributed by atoms with E-state index in [0.717, 1.165) is 25.7 Å². The summed E-state index contributed by atoms with van der Waals surface area (Å²) in [6.45, 7) is 12.4. The zero-order valence-corrected chi connectivity index (χ0v) is 10.5. The van der Waals surface area contributed by atoms with Crippen molar-refractivity contribution in [3.63, 3.8) is 0 Å². The van der Waals surface area contributed by atoms with Gasteiger partial charge in [0.05, 0.1) is 13.2 Å². The van der Waals surface area contributed by atoms with Crippen LogP contribution in [0.1, 0.15) is 27.7 Å². The van der Waals surface area contributed by atoms with Gasteiger partial charge in [-0.15, -0.1) is 0 Å². The summed E-state index contributed by atoms with van der Waals surface area (Å²) in [4.78, 5) is 4.37. The quantitative estimate of drug-likeness (QED) is 0.381. The van der Waals surface area contributed by atoms with Crippen molar-refractivity contribution < 1.29 is 4.74 Å². The lowest BCUT2D eigenvalue weighted by atomic mass is 10.2. The van der Waals surface area contributed by atoms with Crippen molar-refractivity contribution >= 4 is 5.96 Å². The van der Waals surface area contributed by atoms with Crippen molar-refractivity contribution in [1.82, 2.24) is 10.6 Å². The first-order valence-electron chi connectivity index (χ1n) is 5.80. The number of aliphatic imine (C=N–C) groups is 1. The molecule has 0 amide bonds. The van der Waals surface area contributed by atoms with Crippen LogP contribution in [-0.2, 0) is 4.74 Å². The number of rotatable bonds is 7. The summed E-state index contributed by atoms with van der Waals surface area (Å²) in [6, 6.07) is 0. The Labute approximate surface area is 93.5 Å². The molecule has 0 rings (SSSR count).